The fourth-order valence-corrected chi connectivity index (χ4v) is 13.2. The van der Waals surface area contributed by atoms with Crippen molar-refractivity contribution in [1.29, 1.82) is 0 Å². The summed E-state index contributed by atoms with van der Waals surface area (Å²) >= 11 is 0. The van der Waals surface area contributed by atoms with Gasteiger partial charge in [0.05, 0.1) is 65.0 Å². The molecule has 44 nitrogen and oxygen atoms in total. The first-order valence-electron chi connectivity index (χ1n) is 32.4. The highest BCUT2D eigenvalue weighted by Crippen LogP contribution is 2.39. The number of aliphatic hydroxyl groups excluding tert-OH is 21. The number of nitrogens with one attached hydrogen (secondary N) is 4. The van der Waals surface area contributed by atoms with E-state index in [9.17, 15) is 126 Å². The van der Waals surface area contributed by atoms with Gasteiger partial charge in [-0.2, -0.15) is 0 Å². The van der Waals surface area contributed by atoms with Crippen LogP contribution in [-0.2, 0) is 90.2 Å². The van der Waals surface area contributed by atoms with Crippen LogP contribution in [0.2, 0.25) is 0 Å². The van der Waals surface area contributed by atoms with E-state index in [1.54, 1.807) is 0 Å². The van der Waals surface area contributed by atoms with Gasteiger partial charge in [-0.1, -0.05) is 0 Å². The van der Waals surface area contributed by atoms with Crippen molar-refractivity contribution in [3.05, 3.63) is 0 Å². The maximum absolute atomic E-state index is 12.9. The molecular formula is C57H96N4O40. The highest BCUT2D eigenvalue weighted by molar-refractivity contribution is 5.74. The van der Waals surface area contributed by atoms with Crippen molar-refractivity contribution in [1.82, 2.24) is 21.3 Å². The Morgan fingerprint density at radius 2 is 0.525 bits per heavy atom. The molecule has 0 aromatic rings. The van der Waals surface area contributed by atoms with Gasteiger partial charge in [-0.05, 0) is 6.92 Å². The summed E-state index contributed by atoms with van der Waals surface area (Å²) in [6.07, 6.45) is -67.7. The van der Waals surface area contributed by atoms with E-state index in [1.807, 2.05) is 0 Å². The lowest BCUT2D eigenvalue weighted by Gasteiger charge is -2.51. The first-order valence-corrected chi connectivity index (χ1v) is 32.4. The maximum Gasteiger partial charge on any atom is 0.217 e. The van der Waals surface area contributed by atoms with E-state index in [0.717, 1.165) is 27.7 Å². The monoisotopic (exact) mass is 1480 g/mol. The molecule has 8 aliphatic rings. The van der Waals surface area contributed by atoms with Crippen LogP contribution in [0.25, 0.3) is 0 Å². The van der Waals surface area contributed by atoms with E-state index < -0.39 is 322 Å². The molecule has 0 radical (unpaired) electrons. The van der Waals surface area contributed by atoms with Gasteiger partial charge in [-0.25, -0.2) is 0 Å². The first kappa shape index (κ1) is 83.1. The normalized spacial score (nSPS) is 48.3. The van der Waals surface area contributed by atoms with Crippen LogP contribution in [0.5, 0.6) is 0 Å². The lowest BCUT2D eigenvalue weighted by atomic mass is 9.92. The second-order valence-corrected chi connectivity index (χ2v) is 25.7. The molecular weight excluding hydrogens is 1380 g/mol. The number of amides is 4. The molecule has 0 bridgehead atoms. The Labute approximate surface area is 573 Å². The Kier molecular flexibility index (Phi) is 29.9. The minimum absolute atomic E-state index is 0.625. The fraction of sp³-hybridized carbons (Fsp3) is 0.930. The summed E-state index contributed by atoms with van der Waals surface area (Å²) in [5.41, 5.74) is 0. The Hall–Kier alpha value is -3.56. The molecule has 584 valence electrons. The summed E-state index contributed by atoms with van der Waals surface area (Å²) in [5, 5.41) is 240. The first-order chi connectivity index (χ1) is 47.8. The van der Waals surface area contributed by atoms with Gasteiger partial charge in [0.25, 0.3) is 0 Å². The van der Waals surface area contributed by atoms with Gasteiger partial charge in [0.15, 0.2) is 44.0 Å². The zero-order valence-corrected chi connectivity index (χ0v) is 54.9. The molecule has 8 rings (SSSR count). The van der Waals surface area contributed by atoms with Crippen molar-refractivity contribution in [2.45, 2.75) is 280 Å². The quantitative estimate of drug-likeness (QED) is 0.0382. The number of rotatable bonds is 26. The molecule has 0 saturated carbocycles. The lowest BCUT2D eigenvalue weighted by molar-refractivity contribution is -0.386. The average Bonchev–Trinajstić information content (AvgIpc) is 0.775. The largest absolute Gasteiger partial charge is 0.394 e. The van der Waals surface area contributed by atoms with Crippen molar-refractivity contribution in [2.24, 2.45) is 0 Å². The summed E-state index contributed by atoms with van der Waals surface area (Å²) in [5.74, 6) is -3.22. The van der Waals surface area contributed by atoms with Crippen molar-refractivity contribution in [2.75, 3.05) is 52.9 Å². The highest BCUT2D eigenvalue weighted by Gasteiger charge is 2.60. The van der Waals surface area contributed by atoms with Crippen LogP contribution in [0.1, 0.15) is 34.6 Å². The number of carbonyl (C=O) groups excluding carboxylic acids is 4. The van der Waals surface area contributed by atoms with E-state index in [0.29, 0.717) is 0 Å². The van der Waals surface area contributed by atoms with Gasteiger partial charge < -0.3 is 200 Å². The molecule has 40 atom stereocenters. The Bertz CT molecular complexity index is 2640. The van der Waals surface area contributed by atoms with Crippen molar-refractivity contribution >= 4 is 23.6 Å². The molecule has 16 unspecified atom stereocenters. The van der Waals surface area contributed by atoms with Gasteiger partial charge in [0.1, 0.15) is 189 Å². The van der Waals surface area contributed by atoms with E-state index >= 15 is 0 Å². The van der Waals surface area contributed by atoms with Crippen LogP contribution in [0, 0.1) is 0 Å². The SMILES string of the molecule is CC(=O)NC1[C@H](O[C@@H]2C(O)[C@H](O[C@@H]3C(CO)O[C@@H](O[C@@H]4C(O)[C@H](O[C@@H]5C(CO)O[C@@H](OCC6O[C@@H](C)C(NC(C)=O)[C@@H](O[C@@H]7OC(CO)[C@H](O)[C@H](O)C7O)[C@H]6O)C(NC(C)=O)[C@H]5O)OC(CO)[C@@H]4O)C(NC(C)=O)[C@H]3O)OC(CO)[C@@H]2O)OC(CO)[C@@H](O[C@@H]2OC(CO)[C@H](O)[C@H](O)C2O)[C@@H]1O. The molecule has 0 aromatic heterocycles. The third-order valence-electron chi connectivity index (χ3n) is 18.5. The topological polar surface area (TPSA) is 680 Å². The van der Waals surface area contributed by atoms with E-state index in [1.165, 1.54) is 6.92 Å². The van der Waals surface area contributed by atoms with Gasteiger partial charge in [0, 0.05) is 27.7 Å². The molecule has 8 aliphatic heterocycles. The van der Waals surface area contributed by atoms with E-state index in [-0.39, 0.29) is 0 Å². The molecule has 25 N–H and O–H groups in total. The minimum Gasteiger partial charge on any atom is -0.394 e. The molecule has 4 amide bonds. The Balaban J connectivity index is 0.964. The molecule has 8 saturated heterocycles. The number of carbonyl (C=O) groups is 4. The summed E-state index contributed by atoms with van der Waals surface area (Å²) in [6, 6.07) is -6.56. The predicted molar refractivity (Wildman–Crippen MR) is 314 cm³/mol. The molecule has 0 aromatic carbocycles. The van der Waals surface area contributed by atoms with Crippen molar-refractivity contribution < 1.29 is 197 Å². The Morgan fingerprint density at radius 3 is 0.851 bits per heavy atom. The summed E-state index contributed by atoms with van der Waals surface area (Å²) in [6.45, 7) is -2.18. The molecule has 101 heavy (non-hydrogen) atoms. The molecule has 8 heterocycles. The fourth-order valence-electron chi connectivity index (χ4n) is 13.2. The minimum atomic E-state index is -2.28. The predicted octanol–water partition coefficient (Wildman–Crippen LogP) is -16.8. The van der Waals surface area contributed by atoms with Crippen LogP contribution in [0.4, 0.5) is 0 Å². The van der Waals surface area contributed by atoms with Crippen LogP contribution < -0.4 is 21.3 Å². The molecule has 0 spiro atoms. The summed E-state index contributed by atoms with van der Waals surface area (Å²) in [4.78, 5) is 50.6. The van der Waals surface area contributed by atoms with E-state index in [4.69, 9.17) is 71.1 Å². The molecule has 8 fully saturated rings. The van der Waals surface area contributed by atoms with E-state index in [2.05, 4.69) is 21.3 Å². The van der Waals surface area contributed by atoms with Crippen LogP contribution in [0.15, 0.2) is 0 Å². The maximum atomic E-state index is 12.9. The standard InChI is InChI=1S/C57H96N4O40/c1-14-27(58-15(2)69)48(99-55-42(84)40(82)32(74)20(7-63)90-55)35(77)26(88-14)13-87-51-28(59-16(3)70)36(78)45(23(10-66)93-51)97-56-43(85)49(33(75)21(8-64)91-56)101-53-30(61-18(5)72)38(80)47(25(12-68)95-53)98-57-44(86)50(34(76)22(9-65)92-57)100-52-29(60-17(4)71)37(79)46(24(11-67)94-52)96-54-41(83)39(81)31(73)19(6-62)89-54/h14,19-57,62-68,73-86H,6-13H2,1-5H3,(H,58,69)(H,59,70)(H,60,71)(H,61,72)/t14-,19?,20?,21?,22?,23?,24?,25?,26?,27?,28?,29?,30?,31-,32-,33-,34-,35-,36+,37+,38+,39-,40-,41?,42?,43?,44?,45+,46+,47+,48+,49-,50-,51+,52-,53-,54-,55-,56-,57-/m0/s1. The lowest BCUT2D eigenvalue weighted by Crippen LogP contribution is -2.71. The smallest absolute Gasteiger partial charge is 0.217 e. The summed E-state index contributed by atoms with van der Waals surface area (Å²) < 4.78 is 87.9. The summed E-state index contributed by atoms with van der Waals surface area (Å²) in [7, 11) is 0. The second kappa shape index (κ2) is 36.4. The highest BCUT2D eigenvalue weighted by atomic mass is 16.8. The number of hydrogen-bond donors (Lipinski definition) is 25. The van der Waals surface area contributed by atoms with Gasteiger partial charge in [-0.15, -0.1) is 0 Å². The van der Waals surface area contributed by atoms with Crippen LogP contribution in [-0.4, -0.2) is 429 Å². The third kappa shape index (κ3) is 18.5. The van der Waals surface area contributed by atoms with Crippen LogP contribution in [0.3, 0.4) is 0 Å². The van der Waals surface area contributed by atoms with Crippen LogP contribution >= 0.6 is 0 Å². The molecule has 0 aliphatic carbocycles. The van der Waals surface area contributed by atoms with Gasteiger partial charge in [0.2, 0.25) is 23.6 Å². The zero-order chi connectivity index (χ0) is 74.5. The zero-order valence-electron chi connectivity index (χ0n) is 54.9. The number of aliphatic hydroxyl groups is 21. The average molecular weight is 1480 g/mol. The van der Waals surface area contributed by atoms with Crippen molar-refractivity contribution in [3.63, 3.8) is 0 Å². The molecule has 44 heteroatoms. The van der Waals surface area contributed by atoms with Crippen molar-refractivity contribution in [3.8, 4) is 0 Å². The number of ether oxygens (including phenoxy) is 15. The Morgan fingerprint density at radius 1 is 0.267 bits per heavy atom. The second-order valence-electron chi connectivity index (χ2n) is 25.7. The van der Waals surface area contributed by atoms with Gasteiger partial charge >= 0.3 is 0 Å². The van der Waals surface area contributed by atoms with Gasteiger partial charge in [-0.3, -0.25) is 19.2 Å². The third-order valence-corrected chi connectivity index (χ3v) is 18.5. The number of hydrogen-bond acceptors (Lipinski definition) is 40.